The Morgan fingerprint density at radius 2 is 2.14 bits per heavy atom. The van der Waals surface area contributed by atoms with Crippen molar-refractivity contribution in [2.45, 2.75) is 64.4 Å². The van der Waals surface area contributed by atoms with Crippen molar-refractivity contribution in [1.82, 2.24) is 0 Å². The van der Waals surface area contributed by atoms with Gasteiger partial charge in [0, 0.05) is 24.2 Å². The van der Waals surface area contributed by atoms with E-state index in [1.54, 1.807) is 0 Å². The molecule has 0 radical (unpaired) electrons. The number of hydrogen-bond donors (Lipinski definition) is 0. The summed E-state index contributed by atoms with van der Waals surface area (Å²) in [5.41, 5.74) is -0.616. The van der Waals surface area contributed by atoms with E-state index >= 15 is 0 Å². The number of carbonyl (C=O) groups is 2. The second-order valence-electron chi connectivity index (χ2n) is 7.68. The van der Waals surface area contributed by atoms with E-state index < -0.39 is 16.8 Å². The molecular formula is C17H22O5. The first-order valence-corrected chi connectivity index (χ1v) is 7.94. The van der Waals surface area contributed by atoms with Crippen molar-refractivity contribution >= 4 is 11.8 Å². The van der Waals surface area contributed by atoms with Crippen LogP contribution >= 0.6 is 0 Å². The van der Waals surface area contributed by atoms with E-state index in [0.717, 1.165) is 12.8 Å². The van der Waals surface area contributed by atoms with Crippen molar-refractivity contribution in [1.29, 1.82) is 0 Å². The molecule has 0 amide bonds. The molecule has 2 bridgehead atoms. The van der Waals surface area contributed by atoms with Gasteiger partial charge in [-0.2, -0.15) is 0 Å². The van der Waals surface area contributed by atoms with Crippen molar-refractivity contribution in [3.8, 4) is 0 Å². The zero-order valence-corrected chi connectivity index (χ0v) is 13.5. The van der Waals surface area contributed by atoms with Crippen LogP contribution in [0.5, 0.6) is 0 Å². The Bertz CT molecular complexity index is 625. The molecule has 5 nitrogen and oxygen atoms in total. The Labute approximate surface area is 130 Å². The van der Waals surface area contributed by atoms with Crippen LogP contribution < -0.4 is 0 Å². The summed E-state index contributed by atoms with van der Waals surface area (Å²) in [7, 11) is 0. The molecule has 2 aliphatic heterocycles. The molecule has 0 aromatic carbocycles. The lowest BCUT2D eigenvalue weighted by Gasteiger charge is -2.52. The molecule has 0 N–H and O–H groups in total. The average Bonchev–Trinajstić information content (AvgIpc) is 2.91. The van der Waals surface area contributed by atoms with Gasteiger partial charge in [-0.1, -0.05) is 13.8 Å². The van der Waals surface area contributed by atoms with Gasteiger partial charge in [0.25, 0.3) is 0 Å². The fourth-order valence-electron chi connectivity index (χ4n) is 5.29. The standard InChI is InChI=1S/C17H22O5/c1-10-7-17-15(4,8-12(10)19)14(3)6-5-13(21-17)16(14,22-17)9-20-11(2)18/h7,13H,5-6,8-9H2,1-4H3/t13-,14+,15-,16-,17-/m1/s1. The van der Waals surface area contributed by atoms with Crippen LogP contribution in [0.15, 0.2) is 11.6 Å². The average molecular weight is 306 g/mol. The largest absolute Gasteiger partial charge is 0.463 e. The highest BCUT2D eigenvalue weighted by molar-refractivity contribution is 5.97. The van der Waals surface area contributed by atoms with E-state index in [-0.39, 0.29) is 29.9 Å². The normalized spacial score (nSPS) is 51.7. The second kappa shape index (κ2) is 3.82. The summed E-state index contributed by atoms with van der Waals surface area (Å²) in [4.78, 5) is 23.7. The van der Waals surface area contributed by atoms with Gasteiger partial charge < -0.3 is 14.2 Å². The van der Waals surface area contributed by atoms with E-state index in [9.17, 15) is 9.59 Å². The van der Waals surface area contributed by atoms with Gasteiger partial charge in [0.2, 0.25) is 0 Å². The first-order valence-electron chi connectivity index (χ1n) is 7.94. The van der Waals surface area contributed by atoms with E-state index in [1.807, 2.05) is 13.0 Å². The molecule has 3 fully saturated rings. The van der Waals surface area contributed by atoms with Gasteiger partial charge >= 0.3 is 5.97 Å². The van der Waals surface area contributed by atoms with Crippen LogP contribution in [0.2, 0.25) is 0 Å². The van der Waals surface area contributed by atoms with Gasteiger partial charge in [0.15, 0.2) is 11.6 Å². The minimum Gasteiger partial charge on any atom is -0.463 e. The lowest BCUT2D eigenvalue weighted by atomic mass is 9.53. The zero-order chi connectivity index (χ0) is 16.0. The minimum absolute atomic E-state index is 0.0813. The number of ether oxygens (including phenoxy) is 3. The molecule has 2 heterocycles. The third-order valence-electron chi connectivity index (χ3n) is 6.85. The molecule has 2 aliphatic carbocycles. The molecule has 5 atom stereocenters. The van der Waals surface area contributed by atoms with Gasteiger partial charge in [0.1, 0.15) is 12.2 Å². The number of fused-ring (bicyclic) bond motifs is 1. The Balaban J connectivity index is 1.86. The highest BCUT2D eigenvalue weighted by Gasteiger charge is 2.85. The third kappa shape index (κ3) is 1.26. The third-order valence-corrected chi connectivity index (χ3v) is 6.85. The smallest absolute Gasteiger partial charge is 0.302 e. The van der Waals surface area contributed by atoms with Crippen LogP contribution in [-0.2, 0) is 23.8 Å². The lowest BCUT2D eigenvalue weighted by molar-refractivity contribution is -0.199. The predicted molar refractivity (Wildman–Crippen MR) is 76.9 cm³/mol. The van der Waals surface area contributed by atoms with Gasteiger partial charge in [-0.25, -0.2) is 0 Å². The fraction of sp³-hybridized carbons (Fsp3) is 0.765. The highest BCUT2D eigenvalue weighted by Crippen LogP contribution is 2.77. The zero-order valence-electron chi connectivity index (χ0n) is 13.5. The van der Waals surface area contributed by atoms with Gasteiger partial charge in [0.05, 0.1) is 6.10 Å². The van der Waals surface area contributed by atoms with E-state index in [4.69, 9.17) is 14.2 Å². The minimum atomic E-state index is -0.860. The van der Waals surface area contributed by atoms with E-state index in [2.05, 4.69) is 13.8 Å². The number of esters is 1. The van der Waals surface area contributed by atoms with E-state index in [0.29, 0.717) is 12.0 Å². The van der Waals surface area contributed by atoms with Crippen LogP contribution in [0.1, 0.15) is 47.0 Å². The molecule has 0 aromatic rings. The monoisotopic (exact) mass is 306 g/mol. The molecule has 5 heteroatoms. The van der Waals surface area contributed by atoms with Crippen LogP contribution in [0, 0.1) is 10.8 Å². The number of carbonyl (C=O) groups excluding carboxylic acids is 2. The number of allylic oxidation sites excluding steroid dienone is 1. The first-order chi connectivity index (χ1) is 10.2. The summed E-state index contributed by atoms with van der Waals surface area (Å²) >= 11 is 0. The van der Waals surface area contributed by atoms with Gasteiger partial charge in [-0.05, 0) is 31.4 Å². The molecular weight excluding hydrogens is 284 g/mol. The maximum absolute atomic E-state index is 12.3. The molecule has 1 spiro atoms. The fourth-order valence-corrected chi connectivity index (χ4v) is 5.29. The van der Waals surface area contributed by atoms with Crippen molar-refractivity contribution in [3.05, 3.63) is 11.6 Å². The van der Waals surface area contributed by atoms with Gasteiger partial charge in [-0.3, -0.25) is 9.59 Å². The maximum Gasteiger partial charge on any atom is 0.302 e. The summed E-state index contributed by atoms with van der Waals surface area (Å²) in [5, 5.41) is 0. The number of hydrogen-bond acceptors (Lipinski definition) is 5. The molecule has 0 unspecified atom stereocenters. The van der Waals surface area contributed by atoms with Crippen molar-refractivity contribution in [2.24, 2.45) is 10.8 Å². The summed E-state index contributed by atoms with van der Waals surface area (Å²) in [5.74, 6) is -1.02. The predicted octanol–water partition coefficient (Wildman–Crippen LogP) is 2.14. The molecule has 22 heavy (non-hydrogen) atoms. The first kappa shape index (κ1) is 14.4. The molecule has 120 valence electrons. The van der Waals surface area contributed by atoms with Gasteiger partial charge in [-0.15, -0.1) is 0 Å². The Hall–Kier alpha value is -1.20. The van der Waals surface area contributed by atoms with Crippen molar-refractivity contribution < 1.29 is 23.8 Å². The Kier molecular flexibility index (Phi) is 2.50. The molecule has 4 aliphatic rings. The van der Waals surface area contributed by atoms with Crippen LogP contribution in [-0.4, -0.2) is 35.9 Å². The lowest BCUT2D eigenvalue weighted by Crippen LogP contribution is -2.61. The molecule has 0 aromatic heterocycles. The Morgan fingerprint density at radius 1 is 1.41 bits per heavy atom. The topological polar surface area (TPSA) is 61.8 Å². The number of ketones is 1. The summed E-state index contributed by atoms with van der Waals surface area (Å²) < 4.78 is 18.2. The van der Waals surface area contributed by atoms with Crippen molar-refractivity contribution in [3.63, 3.8) is 0 Å². The maximum atomic E-state index is 12.3. The summed E-state index contributed by atoms with van der Waals surface area (Å²) in [6, 6.07) is 0. The molecule has 2 saturated heterocycles. The Morgan fingerprint density at radius 3 is 2.82 bits per heavy atom. The summed E-state index contributed by atoms with van der Waals surface area (Å²) in [6.45, 7) is 7.68. The van der Waals surface area contributed by atoms with Crippen LogP contribution in [0.4, 0.5) is 0 Å². The van der Waals surface area contributed by atoms with Crippen LogP contribution in [0.3, 0.4) is 0 Å². The van der Waals surface area contributed by atoms with Crippen LogP contribution in [0.25, 0.3) is 0 Å². The SMILES string of the molecule is CC(=O)OC[C@]12O[C@]34C=C(C)C(=O)C[C@]3(C)[C@]1(C)CC[C@H]2O4. The van der Waals surface area contributed by atoms with Crippen molar-refractivity contribution in [2.75, 3.05) is 6.61 Å². The second-order valence-corrected chi connectivity index (χ2v) is 7.68. The quantitative estimate of drug-likeness (QED) is 0.731. The highest BCUT2D eigenvalue weighted by atomic mass is 16.8. The molecule has 4 rings (SSSR count). The van der Waals surface area contributed by atoms with E-state index in [1.165, 1.54) is 6.92 Å². The number of rotatable bonds is 2. The number of Topliss-reactive ketones (excluding diaryl/α,β-unsaturated/α-hetero) is 1. The molecule has 1 saturated carbocycles. The summed E-state index contributed by atoms with van der Waals surface area (Å²) in [6.07, 6.45) is 3.98.